The molecule has 1 aliphatic rings. The SMILES string of the molecule is O=C(O)c1ccccc1C1CCOc2ccccc21. The number of carbonyl (C=O) groups is 1. The van der Waals surface area contributed by atoms with Crippen molar-refractivity contribution in [1.29, 1.82) is 0 Å². The molecule has 1 N–H and O–H groups in total. The maximum Gasteiger partial charge on any atom is 0.335 e. The third-order valence-electron chi connectivity index (χ3n) is 3.53. The molecule has 3 nitrogen and oxygen atoms in total. The van der Waals surface area contributed by atoms with E-state index in [2.05, 4.69) is 0 Å². The van der Waals surface area contributed by atoms with Gasteiger partial charge in [0, 0.05) is 11.5 Å². The Morgan fingerprint density at radius 2 is 1.74 bits per heavy atom. The van der Waals surface area contributed by atoms with Crippen LogP contribution in [-0.2, 0) is 0 Å². The van der Waals surface area contributed by atoms with Gasteiger partial charge < -0.3 is 9.84 Å². The van der Waals surface area contributed by atoms with Crippen LogP contribution in [-0.4, -0.2) is 17.7 Å². The summed E-state index contributed by atoms with van der Waals surface area (Å²) < 4.78 is 5.63. The maximum absolute atomic E-state index is 11.3. The van der Waals surface area contributed by atoms with E-state index >= 15 is 0 Å². The van der Waals surface area contributed by atoms with Gasteiger partial charge in [0.25, 0.3) is 0 Å². The number of carboxylic acids is 1. The molecular formula is C16H14O3. The molecule has 0 saturated heterocycles. The van der Waals surface area contributed by atoms with Crippen LogP contribution in [0.2, 0.25) is 0 Å². The normalized spacial score (nSPS) is 17.4. The summed E-state index contributed by atoms with van der Waals surface area (Å²) in [4.78, 5) is 11.3. The molecule has 0 bridgehead atoms. The van der Waals surface area contributed by atoms with Crippen LogP contribution < -0.4 is 4.74 Å². The van der Waals surface area contributed by atoms with Crippen LogP contribution in [0.5, 0.6) is 5.75 Å². The van der Waals surface area contributed by atoms with Crippen molar-refractivity contribution in [3.63, 3.8) is 0 Å². The second-order valence-corrected chi connectivity index (χ2v) is 4.62. The zero-order chi connectivity index (χ0) is 13.2. The predicted molar refractivity (Wildman–Crippen MR) is 71.8 cm³/mol. The summed E-state index contributed by atoms with van der Waals surface area (Å²) in [6.45, 7) is 0.621. The molecule has 0 radical (unpaired) electrons. The molecule has 1 heterocycles. The molecule has 2 aromatic carbocycles. The highest BCUT2D eigenvalue weighted by molar-refractivity contribution is 5.89. The molecule has 0 saturated carbocycles. The van der Waals surface area contributed by atoms with Gasteiger partial charge in [0.05, 0.1) is 12.2 Å². The van der Waals surface area contributed by atoms with Crippen molar-refractivity contribution in [3.8, 4) is 5.75 Å². The molecule has 3 heteroatoms. The Labute approximate surface area is 111 Å². The third-order valence-corrected chi connectivity index (χ3v) is 3.53. The molecule has 2 aromatic rings. The number of ether oxygens (including phenoxy) is 1. The van der Waals surface area contributed by atoms with Gasteiger partial charge in [0.15, 0.2) is 0 Å². The van der Waals surface area contributed by atoms with Crippen LogP contribution in [0, 0.1) is 0 Å². The van der Waals surface area contributed by atoms with Gasteiger partial charge in [-0.15, -0.1) is 0 Å². The Hall–Kier alpha value is -2.29. The molecule has 1 unspecified atom stereocenters. The van der Waals surface area contributed by atoms with Gasteiger partial charge in [0.1, 0.15) is 5.75 Å². The zero-order valence-electron chi connectivity index (χ0n) is 10.4. The van der Waals surface area contributed by atoms with E-state index in [-0.39, 0.29) is 5.92 Å². The van der Waals surface area contributed by atoms with Gasteiger partial charge >= 0.3 is 5.97 Å². The number of benzene rings is 2. The van der Waals surface area contributed by atoms with Crippen LogP contribution in [0.25, 0.3) is 0 Å². The molecule has 0 spiro atoms. The van der Waals surface area contributed by atoms with E-state index in [4.69, 9.17) is 4.74 Å². The zero-order valence-corrected chi connectivity index (χ0v) is 10.4. The first-order valence-corrected chi connectivity index (χ1v) is 6.31. The number of hydrogen-bond donors (Lipinski definition) is 1. The first-order chi connectivity index (χ1) is 9.27. The highest BCUT2D eigenvalue weighted by atomic mass is 16.5. The second kappa shape index (κ2) is 4.76. The van der Waals surface area contributed by atoms with Crippen molar-refractivity contribution < 1.29 is 14.6 Å². The highest BCUT2D eigenvalue weighted by Crippen LogP contribution is 2.38. The van der Waals surface area contributed by atoms with Crippen molar-refractivity contribution >= 4 is 5.97 Å². The lowest BCUT2D eigenvalue weighted by Crippen LogP contribution is -2.17. The molecule has 0 amide bonds. The average molecular weight is 254 g/mol. The van der Waals surface area contributed by atoms with Crippen LogP contribution in [0.3, 0.4) is 0 Å². The molecule has 3 rings (SSSR count). The Morgan fingerprint density at radius 1 is 1.05 bits per heavy atom. The van der Waals surface area contributed by atoms with Crippen LogP contribution in [0.1, 0.15) is 33.8 Å². The molecule has 96 valence electrons. The lowest BCUT2D eigenvalue weighted by atomic mass is 9.84. The quantitative estimate of drug-likeness (QED) is 0.894. The Balaban J connectivity index is 2.12. The van der Waals surface area contributed by atoms with Crippen molar-refractivity contribution in [2.24, 2.45) is 0 Å². The van der Waals surface area contributed by atoms with Gasteiger partial charge in [-0.1, -0.05) is 36.4 Å². The predicted octanol–water partition coefficient (Wildman–Crippen LogP) is 3.30. The van der Waals surface area contributed by atoms with E-state index in [0.29, 0.717) is 12.2 Å². The molecule has 1 atom stereocenters. The summed E-state index contributed by atoms with van der Waals surface area (Å²) in [5.41, 5.74) is 2.32. The topological polar surface area (TPSA) is 46.5 Å². The number of fused-ring (bicyclic) bond motifs is 1. The van der Waals surface area contributed by atoms with E-state index in [9.17, 15) is 9.90 Å². The fourth-order valence-electron chi connectivity index (χ4n) is 2.66. The van der Waals surface area contributed by atoms with E-state index in [1.165, 1.54) is 0 Å². The van der Waals surface area contributed by atoms with Gasteiger partial charge in [-0.2, -0.15) is 0 Å². The largest absolute Gasteiger partial charge is 0.493 e. The highest BCUT2D eigenvalue weighted by Gasteiger charge is 2.25. The summed E-state index contributed by atoms with van der Waals surface area (Å²) in [5, 5.41) is 9.31. The molecule has 1 aliphatic heterocycles. The minimum Gasteiger partial charge on any atom is -0.493 e. The summed E-state index contributed by atoms with van der Waals surface area (Å²) in [5.74, 6) is 0.0794. The monoisotopic (exact) mass is 254 g/mol. The third kappa shape index (κ3) is 2.08. The smallest absolute Gasteiger partial charge is 0.335 e. The lowest BCUT2D eigenvalue weighted by Gasteiger charge is -2.27. The molecule has 0 aromatic heterocycles. The summed E-state index contributed by atoms with van der Waals surface area (Å²) in [7, 11) is 0. The van der Waals surface area contributed by atoms with E-state index in [1.54, 1.807) is 12.1 Å². The number of carboxylic acid groups (broad SMARTS) is 1. The van der Waals surface area contributed by atoms with Gasteiger partial charge in [-0.25, -0.2) is 4.79 Å². The Bertz CT molecular complexity index is 619. The molecule has 0 fully saturated rings. The average Bonchev–Trinajstić information content (AvgIpc) is 2.46. The molecule has 19 heavy (non-hydrogen) atoms. The number of aromatic carboxylic acids is 1. The van der Waals surface area contributed by atoms with Gasteiger partial charge in [-0.05, 0) is 24.1 Å². The van der Waals surface area contributed by atoms with Gasteiger partial charge in [-0.3, -0.25) is 0 Å². The van der Waals surface area contributed by atoms with E-state index in [1.807, 2.05) is 36.4 Å². The second-order valence-electron chi connectivity index (χ2n) is 4.62. The number of hydrogen-bond acceptors (Lipinski definition) is 2. The lowest BCUT2D eigenvalue weighted by molar-refractivity contribution is 0.0695. The van der Waals surface area contributed by atoms with Crippen molar-refractivity contribution in [1.82, 2.24) is 0 Å². The summed E-state index contributed by atoms with van der Waals surface area (Å²) in [6.07, 6.45) is 0.807. The number of rotatable bonds is 2. The standard InChI is InChI=1S/C16H14O3/c17-16(18)14-7-2-1-5-11(14)12-9-10-19-15-8-4-3-6-13(12)15/h1-8,12H,9-10H2,(H,17,18). The maximum atomic E-state index is 11.3. The van der Waals surface area contributed by atoms with Crippen LogP contribution in [0.15, 0.2) is 48.5 Å². The van der Waals surface area contributed by atoms with E-state index in [0.717, 1.165) is 23.3 Å². The minimum atomic E-state index is -0.875. The summed E-state index contributed by atoms with van der Waals surface area (Å²) in [6, 6.07) is 15.1. The summed E-state index contributed by atoms with van der Waals surface area (Å²) >= 11 is 0. The van der Waals surface area contributed by atoms with Crippen LogP contribution >= 0.6 is 0 Å². The molecule has 0 aliphatic carbocycles. The Kier molecular flexibility index (Phi) is 2.95. The first-order valence-electron chi connectivity index (χ1n) is 6.31. The van der Waals surface area contributed by atoms with Gasteiger partial charge in [0.2, 0.25) is 0 Å². The molecular weight excluding hydrogens is 240 g/mol. The van der Waals surface area contributed by atoms with Crippen molar-refractivity contribution in [2.75, 3.05) is 6.61 Å². The van der Waals surface area contributed by atoms with Crippen LogP contribution in [0.4, 0.5) is 0 Å². The van der Waals surface area contributed by atoms with Crippen molar-refractivity contribution in [2.45, 2.75) is 12.3 Å². The Morgan fingerprint density at radius 3 is 2.53 bits per heavy atom. The van der Waals surface area contributed by atoms with Crippen molar-refractivity contribution in [3.05, 3.63) is 65.2 Å². The van der Waals surface area contributed by atoms with E-state index < -0.39 is 5.97 Å². The fraction of sp³-hybridized carbons (Fsp3) is 0.188. The fourth-order valence-corrected chi connectivity index (χ4v) is 2.66. The minimum absolute atomic E-state index is 0.0947. The number of para-hydroxylation sites is 1. The first kappa shape index (κ1) is 11.8.